The quantitative estimate of drug-likeness (QED) is 0.311. The summed E-state index contributed by atoms with van der Waals surface area (Å²) in [6.45, 7) is 5.73. The summed E-state index contributed by atoms with van der Waals surface area (Å²) in [7, 11) is 2.17. The van der Waals surface area contributed by atoms with Gasteiger partial charge in [-0.1, -0.05) is 25.3 Å². The predicted octanol–water partition coefficient (Wildman–Crippen LogP) is 2.14. The highest BCUT2D eigenvalue weighted by molar-refractivity contribution is 6.33. The molecule has 10 heavy (non-hydrogen) atoms. The summed E-state index contributed by atoms with van der Waals surface area (Å²) in [6, 6.07) is 0. The summed E-state index contributed by atoms with van der Waals surface area (Å²) in [5.74, 6) is 0. The van der Waals surface area contributed by atoms with E-state index in [1.165, 1.54) is 0 Å². The summed E-state index contributed by atoms with van der Waals surface area (Å²) < 4.78 is 5.27. The van der Waals surface area contributed by atoms with Crippen LogP contribution in [0.3, 0.4) is 0 Å². The van der Waals surface area contributed by atoms with Crippen molar-refractivity contribution in [2.75, 3.05) is 13.2 Å². The lowest BCUT2D eigenvalue weighted by Gasteiger charge is -1.97. The molecule has 0 aliphatic heterocycles. The fourth-order valence-corrected chi connectivity index (χ4v) is 0.637. The van der Waals surface area contributed by atoms with E-state index in [2.05, 4.69) is 14.1 Å². The van der Waals surface area contributed by atoms with Gasteiger partial charge in [-0.25, -0.2) is 0 Å². The zero-order chi connectivity index (χ0) is 7.66. The second-order valence-corrected chi connectivity index (χ2v) is 2.19. The molecule has 2 heteroatoms. The minimum Gasteiger partial charge on any atom is -0.377 e. The van der Waals surface area contributed by atoms with Crippen LogP contribution in [0.5, 0.6) is 0 Å². The molecule has 0 rings (SSSR count). The lowest BCUT2D eigenvalue weighted by atomic mass is 9.77. The molecule has 0 fully saturated rings. The van der Waals surface area contributed by atoms with Crippen molar-refractivity contribution in [3.05, 3.63) is 12.2 Å². The third-order valence-corrected chi connectivity index (χ3v) is 1.23. The van der Waals surface area contributed by atoms with E-state index in [0.717, 1.165) is 26.0 Å². The van der Waals surface area contributed by atoms with Gasteiger partial charge in [-0.15, -0.1) is 0 Å². The van der Waals surface area contributed by atoms with E-state index >= 15 is 0 Å². The van der Waals surface area contributed by atoms with E-state index < -0.39 is 0 Å². The maximum Gasteiger partial charge on any atom is 0.105 e. The van der Waals surface area contributed by atoms with Crippen LogP contribution in [-0.4, -0.2) is 20.5 Å². The van der Waals surface area contributed by atoms with Gasteiger partial charge in [-0.2, -0.15) is 0 Å². The van der Waals surface area contributed by atoms with Gasteiger partial charge in [0.15, 0.2) is 0 Å². The van der Waals surface area contributed by atoms with Crippen molar-refractivity contribution in [3.8, 4) is 0 Å². The van der Waals surface area contributed by atoms with E-state index in [1.807, 2.05) is 19.1 Å². The van der Waals surface area contributed by atoms with Crippen LogP contribution < -0.4 is 0 Å². The fourth-order valence-electron chi connectivity index (χ4n) is 0.637. The first-order valence-corrected chi connectivity index (χ1v) is 3.88. The van der Waals surface area contributed by atoms with Gasteiger partial charge in [0.25, 0.3) is 0 Å². The minimum atomic E-state index is 0.764. The van der Waals surface area contributed by atoms with Crippen LogP contribution >= 0.6 is 0 Å². The second-order valence-electron chi connectivity index (χ2n) is 2.19. The van der Waals surface area contributed by atoms with Crippen LogP contribution in [-0.2, 0) is 4.74 Å². The second kappa shape index (κ2) is 8.76. The van der Waals surface area contributed by atoms with Gasteiger partial charge in [-0.3, -0.25) is 0 Å². The molecular weight excluding hydrogens is 123 g/mol. The average molecular weight is 139 g/mol. The smallest absolute Gasteiger partial charge is 0.105 e. The first-order chi connectivity index (χ1) is 4.91. The highest BCUT2D eigenvalue weighted by Gasteiger charge is 1.84. The monoisotopic (exact) mass is 139 g/mol. The van der Waals surface area contributed by atoms with E-state index in [4.69, 9.17) is 4.74 Å². The molecule has 1 radical (unpaired) electrons. The largest absolute Gasteiger partial charge is 0.377 e. The Balaban J connectivity index is 2.77. The number of allylic oxidation sites excluding steroid dienone is 1. The Labute approximate surface area is 64.7 Å². The zero-order valence-corrected chi connectivity index (χ0v) is 6.97. The maximum absolute atomic E-state index is 5.27. The summed E-state index contributed by atoms with van der Waals surface area (Å²) in [5.41, 5.74) is 0. The van der Waals surface area contributed by atoms with Gasteiger partial charge in [0.2, 0.25) is 0 Å². The Morgan fingerprint density at radius 3 is 2.90 bits per heavy atom. The van der Waals surface area contributed by atoms with E-state index in [-0.39, 0.29) is 0 Å². The average Bonchev–Trinajstić information content (AvgIpc) is 1.97. The molecule has 0 aliphatic carbocycles. The number of hydrogen-bond acceptors (Lipinski definition) is 1. The molecule has 0 saturated heterocycles. The number of ether oxygens (including phenoxy) is 1. The highest BCUT2D eigenvalue weighted by atomic mass is 16.5. The molecule has 57 valence electrons. The Bertz CT molecular complexity index is 81.3. The van der Waals surface area contributed by atoms with Crippen molar-refractivity contribution in [1.29, 1.82) is 0 Å². The first-order valence-electron chi connectivity index (χ1n) is 3.88. The van der Waals surface area contributed by atoms with Crippen molar-refractivity contribution in [1.82, 2.24) is 0 Å². The lowest BCUT2D eigenvalue weighted by molar-refractivity contribution is 0.163. The standard InChI is InChI=1S/C8H16BO/c1-3-4-7-10-8-5-6-9-2/h3-4H,5-8H2,1-2H3/b4-3+. The van der Waals surface area contributed by atoms with E-state index in [0.29, 0.717) is 0 Å². The van der Waals surface area contributed by atoms with Gasteiger partial charge < -0.3 is 4.74 Å². The molecule has 0 heterocycles. The summed E-state index contributed by atoms with van der Waals surface area (Å²) in [5, 5.41) is 0. The Morgan fingerprint density at radius 2 is 2.30 bits per heavy atom. The van der Waals surface area contributed by atoms with Crippen LogP contribution in [0.2, 0.25) is 13.1 Å². The summed E-state index contributed by atoms with van der Waals surface area (Å²) >= 11 is 0. The molecule has 1 nitrogen and oxygen atoms in total. The molecule has 0 aromatic carbocycles. The zero-order valence-electron chi connectivity index (χ0n) is 6.97. The first kappa shape index (κ1) is 9.76. The minimum absolute atomic E-state index is 0.764. The molecule has 0 aromatic rings. The molecule has 0 amide bonds. The SMILES string of the molecule is C[B]CCCOC/C=C/C. The molecule has 0 atom stereocenters. The number of hydrogen-bond donors (Lipinski definition) is 0. The molecular formula is C8H16BO. The van der Waals surface area contributed by atoms with Crippen LogP contribution in [0, 0.1) is 0 Å². The van der Waals surface area contributed by atoms with Gasteiger partial charge in [-0.05, 0) is 13.3 Å². The Kier molecular flexibility index (Phi) is 8.56. The molecule has 0 bridgehead atoms. The molecule has 0 aliphatic rings. The van der Waals surface area contributed by atoms with Crippen LogP contribution in [0.15, 0.2) is 12.2 Å². The third-order valence-electron chi connectivity index (χ3n) is 1.23. The Hall–Kier alpha value is -0.235. The topological polar surface area (TPSA) is 9.23 Å². The van der Waals surface area contributed by atoms with Gasteiger partial charge >= 0.3 is 0 Å². The van der Waals surface area contributed by atoms with Gasteiger partial charge in [0.05, 0.1) is 6.61 Å². The third kappa shape index (κ3) is 7.76. The van der Waals surface area contributed by atoms with E-state index in [1.54, 1.807) is 0 Å². The van der Waals surface area contributed by atoms with Crippen LogP contribution in [0.1, 0.15) is 13.3 Å². The predicted molar refractivity (Wildman–Crippen MR) is 46.7 cm³/mol. The van der Waals surface area contributed by atoms with Crippen LogP contribution in [0.25, 0.3) is 0 Å². The Morgan fingerprint density at radius 1 is 1.50 bits per heavy atom. The normalized spacial score (nSPS) is 10.6. The maximum atomic E-state index is 5.27. The fraction of sp³-hybridized carbons (Fsp3) is 0.750. The van der Waals surface area contributed by atoms with Crippen molar-refractivity contribution in [2.24, 2.45) is 0 Å². The summed E-state index contributed by atoms with van der Waals surface area (Å²) in [4.78, 5) is 0. The van der Waals surface area contributed by atoms with Gasteiger partial charge in [0, 0.05) is 6.61 Å². The van der Waals surface area contributed by atoms with Crippen molar-refractivity contribution in [2.45, 2.75) is 26.5 Å². The molecule has 0 saturated carbocycles. The summed E-state index contributed by atoms with van der Waals surface area (Å²) in [6.07, 6.45) is 6.34. The lowest BCUT2D eigenvalue weighted by Crippen LogP contribution is -1.94. The molecule has 0 spiro atoms. The van der Waals surface area contributed by atoms with Crippen molar-refractivity contribution < 1.29 is 4.74 Å². The van der Waals surface area contributed by atoms with Crippen LogP contribution in [0.4, 0.5) is 0 Å². The van der Waals surface area contributed by atoms with Crippen molar-refractivity contribution >= 4 is 7.28 Å². The van der Waals surface area contributed by atoms with Crippen molar-refractivity contribution in [3.63, 3.8) is 0 Å². The van der Waals surface area contributed by atoms with Gasteiger partial charge in [0.1, 0.15) is 7.28 Å². The molecule has 0 N–H and O–H groups in total. The molecule has 0 aromatic heterocycles. The molecule has 0 unspecified atom stereocenters. The number of rotatable bonds is 6. The van der Waals surface area contributed by atoms with E-state index in [9.17, 15) is 0 Å². The highest BCUT2D eigenvalue weighted by Crippen LogP contribution is 1.89.